The molecule has 0 bridgehead atoms. The second-order valence-corrected chi connectivity index (χ2v) is 7.34. The van der Waals surface area contributed by atoms with Crippen LogP contribution in [-0.2, 0) is 10.9 Å². The van der Waals surface area contributed by atoms with Crippen molar-refractivity contribution >= 4 is 34.1 Å². The highest BCUT2D eigenvalue weighted by atomic mass is 127. The molecular formula is C18H14F3IN4O2. The van der Waals surface area contributed by atoms with E-state index in [2.05, 4.69) is 10.1 Å². The molecule has 28 heavy (non-hydrogen) atoms. The first kappa shape index (κ1) is 19.1. The molecule has 3 heterocycles. The van der Waals surface area contributed by atoms with Crippen molar-refractivity contribution in [3.8, 4) is 11.3 Å². The topological polar surface area (TPSA) is 59.7 Å². The van der Waals surface area contributed by atoms with E-state index in [4.69, 9.17) is 4.74 Å². The number of hydrogen-bond donors (Lipinski definition) is 0. The number of hydrogen-bond acceptors (Lipinski definition) is 4. The molecule has 1 aliphatic heterocycles. The van der Waals surface area contributed by atoms with Crippen LogP contribution >= 0.6 is 22.6 Å². The number of imidazole rings is 1. The molecule has 10 heteroatoms. The first-order valence-corrected chi connectivity index (χ1v) is 9.51. The van der Waals surface area contributed by atoms with Crippen LogP contribution in [0.1, 0.15) is 15.9 Å². The number of morpholine rings is 1. The Labute approximate surface area is 171 Å². The van der Waals surface area contributed by atoms with Crippen LogP contribution in [0.2, 0.25) is 0 Å². The SMILES string of the molecule is O=C(c1ccc(-c2ccc3ncc(I)n3n2)cc1C(F)(F)F)N1CCOCC1. The molecule has 1 aromatic carbocycles. The van der Waals surface area contributed by atoms with Gasteiger partial charge in [0.15, 0.2) is 5.65 Å². The van der Waals surface area contributed by atoms with E-state index in [0.29, 0.717) is 24.6 Å². The largest absolute Gasteiger partial charge is 0.417 e. The third kappa shape index (κ3) is 3.58. The van der Waals surface area contributed by atoms with Crippen LogP contribution in [0, 0.1) is 3.70 Å². The maximum absolute atomic E-state index is 13.7. The minimum Gasteiger partial charge on any atom is -0.378 e. The minimum absolute atomic E-state index is 0.273. The van der Waals surface area contributed by atoms with Crippen molar-refractivity contribution < 1.29 is 22.7 Å². The predicted octanol–water partition coefficient (Wildman–Crippen LogP) is 3.49. The maximum atomic E-state index is 13.7. The molecule has 2 aromatic heterocycles. The van der Waals surface area contributed by atoms with Crippen LogP contribution in [0.3, 0.4) is 0 Å². The number of amides is 1. The van der Waals surface area contributed by atoms with Gasteiger partial charge in [0.1, 0.15) is 3.70 Å². The van der Waals surface area contributed by atoms with Gasteiger partial charge in [-0.05, 0) is 46.9 Å². The lowest BCUT2D eigenvalue weighted by Crippen LogP contribution is -2.41. The van der Waals surface area contributed by atoms with Crippen LogP contribution in [0.5, 0.6) is 0 Å². The molecule has 0 aliphatic carbocycles. The zero-order valence-corrected chi connectivity index (χ0v) is 16.6. The Morgan fingerprint density at radius 1 is 1.14 bits per heavy atom. The third-order valence-corrected chi connectivity index (χ3v) is 5.21. The minimum atomic E-state index is -4.67. The highest BCUT2D eigenvalue weighted by molar-refractivity contribution is 14.1. The number of aromatic nitrogens is 3. The molecule has 0 spiro atoms. The lowest BCUT2D eigenvalue weighted by atomic mass is 10.00. The van der Waals surface area contributed by atoms with Crippen molar-refractivity contribution in [2.45, 2.75) is 6.18 Å². The fraction of sp³-hybridized carbons (Fsp3) is 0.278. The Morgan fingerprint density at radius 3 is 2.61 bits per heavy atom. The molecule has 1 aliphatic rings. The predicted molar refractivity (Wildman–Crippen MR) is 103 cm³/mol. The van der Waals surface area contributed by atoms with E-state index >= 15 is 0 Å². The molecular weight excluding hydrogens is 488 g/mol. The zero-order chi connectivity index (χ0) is 19.9. The van der Waals surface area contributed by atoms with Gasteiger partial charge in [0.25, 0.3) is 5.91 Å². The lowest BCUT2D eigenvalue weighted by Gasteiger charge is -2.28. The van der Waals surface area contributed by atoms with Crippen molar-refractivity contribution in [1.29, 1.82) is 0 Å². The molecule has 6 nitrogen and oxygen atoms in total. The maximum Gasteiger partial charge on any atom is 0.417 e. The van der Waals surface area contributed by atoms with Gasteiger partial charge in [0, 0.05) is 18.7 Å². The lowest BCUT2D eigenvalue weighted by molar-refractivity contribution is -0.138. The summed E-state index contributed by atoms with van der Waals surface area (Å²) in [4.78, 5) is 18.2. The monoisotopic (exact) mass is 502 g/mol. The standard InChI is InChI=1S/C18H14F3IN4O2/c19-18(20,21)13-9-11(14-3-4-16-23-10-15(22)26(16)24-14)1-2-12(13)17(27)25-5-7-28-8-6-25/h1-4,9-10H,5-8H2. The Bertz CT molecular complexity index is 1040. The van der Waals surface area contributed by atoms with E-state index in [1.54, 1.807) is 22.8 Å². The average molecular weight is 502 g/mol. The molecule has 0 radical (unpaired) electrons. The highest BCUT2D eigenvalue weighted by Gasteiger charge is 2.37. The quantitative estimate of drug-likeness (QED) is 0.504. The Hall–Kier alpha value is -2.21. The number of halogens is 4. The second-order valence-electron chi connectivity index (χ2n) is 6.23. The number of carbonyl (C=O) groups is 1. The normalized spacial score (nSPS) is 15.2. The van der Waals surface area contributed by atoms with Gasteiger partial charge >= 0.3 is 6.18 Å². The Balaban J connectivity index is 1.77. The van der Waals surface area contributed by atoms with Gasteiger partial charge in [-0.25, -0.2) is 9.50 Å². The molecule has 146 valence electrons. The number of benzene rings is 1. The average Bonchev–Trinajstić information content (AvgIpc) is 3.07. The fourth-order valence-corrected chi connectivity index (χ4v) is 3.56. The van der Waals surface area contributed by atoms with E-state index < -0.39 is 17.6 Å². The van der Waals surface area contributed by atoms with Gasteiger partial charge in [-0.1, -0.05) is 6.07 Å². The number of alkyl halides is 3. The van der Waals surface area contributed by atoms with Gasteiger partial charge in [-0.15, -0.1) is 0 Å². The molecule has 1 fully saturated rings. The summed E-state index contributed by atoms with van der Waals surface area (Å²) >= 11 is 2.05. The van der Waals surface area contributed by atoms with Gasteiger partial charge in [0.05, 0.1) is 36.2 Å². The van der Waals surface area contributed by atoms with Crippen molar-refractivity contribution in [2.24, 2.45) is 0 Å². The molecule has 1 saturated heterocycles. The fourth-order valence-electron chi connectivity index (χ4n) is 3.06. The van der Waals surface area contributed by atoms with Gasteiger partial charge < -0.3 is 9.64 Å². The van der Waals surface area contributed by atoms with Crippen LogP contribution in [0.15, 0.2) is 36.5 Å². The summed E-state index contributed by atoms with van der Waals surface area (Å²) < 4.78 is 48.6. The zero-order valence-electron chi connectivity index (χ0n) is 14.4. The summed E-state index contributed by atoms with van der Waals surface area (Å²) in [5.41, 5.74) is -0.0972. The van der Waals surface area contributed by atoms with Gasteiger partial charge in [-0.2, -0.15) is 18.3 Å². The highest BCUT2D eigenvalue weighted by Crippen LogP contribution is 2.35. The van der Waals surface area contributed by atoms with Crippen LogP contribution < -0.4 is 0 Å². The van der Waals surface area contributed by atoms with E-state index in [0.717, 1.165) is 9.77 Å². The number of rotatable bonds is 2. The molecule has 0 N–H and O–H groups in total. The van der Waals surface area contributed by atoms with Crippen molar-refractivity contribution in [3.05, 3.63) is 51.4 Å². The number of carbonyl (C=O) groups excluding carboxylic acids is 1. The molecule has 1 amide bonds. The molecule has 3 aromatic rings. The summed E-state index contributed by atoms with van der Waals surface area (Å²) in [6.07, 6.45) is -3.04. The van der Waals surface area contributed by atoms with Crippen molar-refractivity contribution in [3.63, 3.8) is 0 Å². The number of fused-ring (bicyclic) bond motifs is 1. The number of nitrogens with zero attached hydrogens (tertiary/aromatic N) is 4. The second kappa shape index (κ2) is 7.32. The summed E-state index contributed by atoms with van der Waals surface area (Å²) in [6.45, 7) is 1.18. The molecule has 0 saturated carbocycles. The Kier molecular flexibility index (Phi) is 5.00. The first-order chi connectivity index (χ1) is 13.3. The molecule has 0 unspecified atom stereocenters. The summed E-state index contributed by atoms with van der Waals surface area (Å²) in [5.74, 6) is -0.644. The van der Waals surface area contributed by atoms with E-state index in [1.807, 2.05) is 22.6 Å². The van der Waals surface area contributed by atoms with E-state index in [-0.39, 0.29) is 24.2 Å². The first-order valence-electron chi connectivity index (χ1n) is 8.43. The van der Waals surface area contributed by atoms with E-state index in [1.165, 1.54) is 17.0 Å². The van der Waals surface area contributed by atoms with Gasteiger partial charge in [0.2, 0.25) is 0 Å². The van der Waals surface area contributed by atoms with Crippen LogP contribution in [-0.4, -0.2) is 51.7 Å². The third-order valence-electron chi connectivity index (χ3n) is 4.47. The van der Waals surface area contributed by atoms with Crippen LogP contribution in [0.4, 0.5) is 13.2 Å². The van der Waals surface area contributed by atoms with Crippen molar-refractivity contribution in [1.82, 2.24) is 19.5 Å². The summed E-state index contributed by atoms with van der Waals surface area (Å²) in [6, 6.07) is 6.98. The summed E-state index contributed by atoms with van der Waals surface area (Å²) in [7, 11) is 0. The Morgan fingerprint density at radius 2 is 1.89 bits per heavy atom. The van der Waals surface area contributed by atoms with Crippen molar-refractivity contribution in [2.75, 3.05) is 26.3 Å². The van der Waals surface area contributed by atoms with E-state index in [9.17, 15) is 18.0 Å². The molecule has 0 atom stereocenters. The molecule has 4 rings (SSSR count). The number of ether oxygens (including phenoxy) is 1. The smallest absolute Gasteiger partial charge is 0.378 e. The van der Waals surface area contributed by atoms with Crippen LogP contribution in [0.25, 0.3) is 16.9 Å². The summed E-state index contributed by atoms with van der Waals surface area (Å²) in [5, 5.41) is 4.36. The van der Waals surface area contributed by atoms with Gasteiger partial charge in [-0.3, -0.25) is 4.79 Å².